The summed E-state index contributed by atoms with van der Waals surface area (Å²) >= 11 is 1.15. The van der Waals surface area contributed by atoms with Gasteiger partial charge in [-0.25, -0.2) is 4.90 Å². The van der Waals surface area contributed by atoms with Crippen LogP contribution in [-0.4, -0.2) is 38.9 Å². The Hall–Kier alpha value is -1.86. The van der Waals surface area contributed by atoms with E-state index in [1.807, 2.05) is 32.0 Å². The Labute approximate surface area is 145 Å². The molecular formula is C17H22N2O4S. The lowest BCUT2D eigenvalue weighted by Crippen LogP contribution is -2.48. The zero-order valence-corrected chi connectivity index (χ0v) is 15.0. The molecule has 2 unspecified atom stereocenters. The van der Waals surface area contributed by atoms with Crippen molar-refractivity contribution in [2.24, 2.45) is 5.73 Å². The molecule has 0 aliphatic carbocycles. The minimum Gasteiger partial charge on any atom is -0.480 e. The van der Waals surface area contributed by atoms with Gasteiger partial charge in [0.25, 0.3) is 0 Å². The number of aryl methyl sites for hydroxylation is 2. The highest BCUT2D eigenvalue weighted by molar-refractivity contribution is 8.02. The molecule has 0 aromatic heterocycles. The topological polar surface area (TPSA) is 101 Å². The smallest absolute Gasteiger partial charge is 0.321 e. The first-order valence-corrected chi connectivity index (χ1v) is 8.53. The third-order valence-corrected chi connectivity index (χ3v) is 5.69. The molecule has 0 spiro atoms. The Kier molecular flexibility index (Phi) is 5.05. The zero-order valence-electron chi connectivity index (χ0n) is 14.2. The summed E-state index contributed by atoms with van der Waals surface area (Å²) in [6.07, 6.45) is 0.0483. The van der Waals surface area contributed by atoms with Crippen LogP contribution in [0.3, 0.4) is 0 Å². The molecule has 3 N–H and O–H groups in total. The van der Waals surface area contributed by atoms with Crippen LogP contribution in [0.25, 0.3) is 0 Å². The van der Waals surface area contributed by atoms with Crippen LogP contribution in [0.4, 0.5) is 5.69 Å². The van der Waals surface area contributed by atoms with Crippen LogP contribution in [0.5, 0.6) is 0 Å². The number of rotatable bonds is 5. The lowest BCUT2D eigenvalue weighted by Gasteiger charge is -2.30. The van der Waals surface area contributed by atoms with E-state index in [0.29, 0.717) is 5.69 Å². The maximum absolute atomic E-state index is 12.7. The number of carbonyl (C=O) groups excluding carboxylic acids is 2. The number of imide groups is 1. The molecule has 6 nitrogen and oxygen atoms in total. The first-order chi connectivity index (χ1) is 11.0. The molecule has 1 fully saturated rings. The van der Waals surface area contributed by atoms with Gasteiger partial charge < -0.3 is 10.8 Å². The fraction of sp³-hybridized carbons (Fsp3) is 0.471. The van der Waals surface area contributed by atoms with Crippen molar-refractivity contribution in [3.8, 4) is 0 Å². The minimum absolute atomic E-state index is 0.0483. The highest BCUT2D eigenvalue weighted by atomic mass is 32.2. The van der Waals surface area contributed by atoms with E-state index >= 15 is 0 Å². The second-order valence-electron chi connectivity index (χ2n) is 6.59. The molecule has 1 saturated heterocycles. The van der Waals surface area contributed by atoms with Gasteiger partial charge in [0, 0.05) is 11.2 Å². The molecule has 7 heteroatoms. The Morgan fingerprint density at radius 3 is 2.58 bits per heavy atom. The summed E-state index contributed by atoms with van der Waals surface area (Å²) in [4.78, 5) is 37.5. The summed E-state index contributed by atoms with van der Waals surface area (Å²) in [5.41, 5.74) is 8.10. The van der Waals surface area contributed by atoms with Crippen molar-refractivity contribution in [2.75, 3.05) is 4.90 Å². The number of nitrogens with two attached hydrogens (primary N) is 1. The van der Waals surface area contributed by atoms with Gasteiger partial charge in [-0.1, -0.05) is 12.1 Å². The fourth-order valence-electron chi connectivity index (χ4n) is 2.65. The number of benzene rings is 1. The summed E-state index contributed by atoms with van der Waals surface area (Å²) in [5, 5.41) is 8.48. The number of carboxylic acids is 1. The summed E-state index contributed by atoms with van der Waals surface area (Å²) in [7, 11) is 0. The van der Waals surface area contributed by atoms with Gasteiger partial charge in [0.1, 0.15) is 6.04 Å². The van der Waals surface area contributed by atoms with Crippen molar-refractivity contribution < 1.29 is 19.5 Å². The summed E-state index contributed by atoms with van der Waals surface area (Å²) in [6.45, 7) is 7.10. The number of carbonyl (C=O) groups is 3. The molecule has 2 amide bonds. The van der Waals surface area contributed by atoms with Gasteiger partial charge in [0.15, 0.2) is 0 Å². The lowest BCUT2D eigenvalue weighted by atomic mass is 10.1. The monoisotopic (exact) mass is 350 g/mol. The molecular weight excluding hydrogens is 328 g/mol. The van der Waals surface area contributed by atoms with E-state index in [2.05, 4.69) is 0 Å². The van der Waals surface area contributed by atoms with Gasteiger partial charge in [0.2, 0.25) is 11.8 Å². The number of hydrogen-bond donors (Lipinski definition) is 2. The van der Waals surface area contributed by atoms with Crippen molar-refractivity contribution >= 4 is 35.2 Å². The molecule has 2 rings (SSSR count). The van der Waals surface area contributed by atoms with Gasteiger partial charge in [-0.15, -0.1) is 11.8 Å². The molecule has 24 heavy (non-hydrogen) atoms. The number of aliphatic carboxylic acids is 1. The van der Waals surface area contributed by atoms with Gasteiger partial charge >= 0.3 is 5.97 Å². The standard InChI is InChI=1S/C17H22N2O4S/c1-9-5-6-10(2)11(7-9)19-13(20)8-12(15(19)21)24-17(3,4)14(18)16(22)23/h5-7,12,14H,8,18H2,1-4H3,(H,22,23). The maximum Gasteiger partial charge on any atom is 0.321 e. The van der Waals surface area contributed by atoms with Crippen LogP contribution < -0.4 is 10.6 Å². The normalized spacial score (nSPS) is 19.7. The van der Waals surface area contributed by atoms with Gasteiger partial charge in [-0.2, -0.15) is 0 Å². The third-order valence-electron chi connectivity index (χ3n) is 4.17. The predicted molar refractivity (Wildman–Crippen MR) is 94.1 cm³/mol. The number of hydrogen-bond acceptors (Lipinski definition) is 5. The predicted octanol–water partition coefficient (Wildman–Crippen LogP) is 1.86. The van der Waals surface area contributed by atoms with E-state index in [9.17, 15) is 14.4 Å². The van der Waals surface area contributed by atoms with E-state index in [1.54, 1.807) is 13.8 Å². The Morgan fingerprint density at radius 2 is 2.00 bits per heavy atom. The van der Waals surface area contributed by atoms with E-state index in [4.69, 9.17) is 10.8 Å². The average molecular weight is 350 g/mol. The van der Waals surface area contributed by atoms with Crippen LogP contribution >= 0.6 is 11.8 Å². The lowest BCUT2D eigenvalue weighted by molar-refractivity contribution is -0.139. The fourth-order valence-corrected chi connectivity index (χ4v) is 4.06. The molecule has 1 aliphatic rings. The van der Waals surface area contributed by atoms with Crippen molar-refractivity contribution in [1.82, 2.24) is 0 Å². The Morgan fingerprint density at radius 1 is 1.38 bits per heavy atom. The van der Waals surface area contributed by atoms with Gasteiger partial charge in [-0.05, 0) is 44.9 Å². The molecule has 1 aromatic carbocycles. The van der Waals surface area contributed by atoms with Crippen LogP contribution in [-0.2, 0) is 14.4 Å². The molecule has 1 aromatic rings. The summed E-state index contributed by atoms with van der Waals surface area (Å²) < 4.78 is -0.871. The molecule has 0 radical (unpaired) electrons. The third kappa shape index (κ3) is 3.47. The maximum atomic E-state index is 12.7. The number of carboxylic acid groups (broad SMARTS) is 1. The van der Waals surface area contributed by atoms with Crippen molar-refractivity contribution in [3.63, 3.8) is 0 Å². The largest absolute Gasteiger partial charge is 0.480 e. The average Bonchev–Trinajstić information content (AvgIpc) is 2.74. The first-order valence-electron chi connectivity index (χ1n) is 7.65. The van der Waals surface area contributed by atoms with E-state index in [1.165, 1.54) is 4.90 Å². The van der Waals surface area contributed by atoms with E-state index in [-0.39, 0.29) is 18.2 Å². The number of thioether (sulfide) groups is 1. The summed E-state index contributed by atoms with van der Waals surface area (Å²) in [5.74, 6) is -1.72. The van der Waals surface area contributed by atoms with Crippen LogP contribution in [0.1, 0.15) is 31.4 Å². The Balaban J connectivity index is 2.26. The molecule has 1 heterocycles. The minimum atomic E-state index is -1.13. The van der Waals surface area contributed by atoms with Gasteiger partial charge in [0.05, 0.1) is 10.9 Å². The van der Waals surface area contributed by atoms with Crippen molar-refractivity contribution in [1.29, 1.82) is 0 Å². The first kappa shape index (κ1) is 18.5. The quantitative estimate of drug-likeness (QED) is 0.786. The molecule has 2 atom stereocenters. The SMILES string of the molecule is Cc1ccc(C)c(N2C(=O)CC(SC(C)(C)C(N)C(=O)O)C2=O)c1. The number of anilines is 1. The van der Waals surface area contributed by atoms with Gasteiger partial charge in [-0.3, -0.25) is 14.4 Å². The van der Waals surface area contributed by atoms with Crippen molar-refractivity contribution in [2.45, 2.75) is 50.2 Å². The highest BCUT2D eigenvalue weighted by Gasteiger charge is 2.45. The van der Waals surface area contributed by atoms with Crippen LogP contribution in [0.15, 0.2) is 18.2 Å². The second-order valence-corrected chi connectivity index (χ2v) is 8.44. The van der Waals surface area contributed by atoms with Crippen LogP contribution in [0, 0.1) is 13.8 Å². The van der Waals surface area contributed by atoms with Crippen LogP contribution in [0.2, 0.25) is 0 Å². The van der Waals surface area contributed by atoms with Crippen molar-refractivity contribution in [3.05, 3.63) is 29.3 Å². The number of nitrogens with zero attached hydrogens (tertiary/aromatic N) is 1. The molecule has 0 saturated carbocycles. The number of amides is 2. The summed E-state index contributed by atoms with van der Waals surface area (Å²) in [6, 6.07) is 4.48. The highest BCUT2D eigenvalue weighted by Crippen LogP contribution is 2.39. The molecule has 1 aliphatic heterocycles. The molecule has 0 bridgehead atoms. The van der Waals surface area contributed by atoms with E-state index < -0.39 is 22.0 Å². The van der Waals surface area contributed by atoms with E-state index in [0.717, 1.165) is 22.9 Å². The Bertz CT molecular complexity index is 702. The zero-order chi connectivity index (χ0) is 18.2. The second kappa shape index (κ2) is 6.57. The molecule has 130 valence electrons.